The Hall–Kier alpha value is -2.93. The number of esters is 1. The van der Waals surface area contributed by atoms with E-state index in [0.29, 0.717) is 39.7 Å². The minimum Gasteiger partial charge on any atom is -0.497 e. The number of alkyl carbamates (subject to hydrolysis) is 1. The van der Waals surface area contributed by atoms with Crippen LogP contribution in [0.1, 0.15) is 33.5 Å². The van der Waals surface area contributed by atoms with Crippen LogP contribution in [0.3, 0.4) is 0 Å². The number of carbonyl (C=O) groups is 3. The summed E-state index contributed by atoms with van der Waals surface area (Å²) in [6.45, 7) is 1.22. The van der Waals surface area contributed by atoms with Gasteiger partial charge in [-0.05, 0) is 24.6 Å². The Labute approximate surface area is 268 Å². The van der Waals surface area contributed by atoms with Gasteiger partial charge in [0.1, 0.15) is 36.0 Å². The van der Waals surface area contributed by atoms with E-state index in [0.717, 1.165) is 17.3 Å². The minimum absolute atomic E-state index is 0.0465. The molecule has 0 saturated carbocycles. The lowest BCUT2D eigenvalue weighted by Gasteiger charge is -2.43. The lowest BCUT2D eigenvalue weighted by Crippen LogP contribution is -2.49. The molecule has 1 fully saturated rings. The Morgan fingerprint density at radius 1 is 1.00 bits per heavy atom. The van der Waals surface area contributed by atoms with Crippen molar-refractivity contribution in [3.63, 3.8) is 0 Å². The maximum absolute atomic E-state index is 14.3. The Balaban J connectivity index is 1.79. The number of fused-ring (bicyclic) bond motifs is 6. The van der Waals surface area contributed by atoms with Crippen LogP contribution in [0, 0.1) is 6.92 Å². The molecular formula is C28H31Cl3N2O9S. The molecule has 2 amide bonds. The number of carbonyl (C=O) groups excluding carboxylic acids is 3. The van der Waals surface area contributed by atoms with Crippen LogP contribution in [0.2, 0.25) is 0 Å². The van der Waals surface area contributed by atoms with Crippen molar-refractivity contribution in [2.24, 2.45) is 0 Å². The molecule has 2 aliphatic rings. The maximum atomic E-state index is 14.3. The highest BCUT2D eigenvalue weighted by molar-refractivity contribution is 8.00. The second-order valence-corrected chi connectivity index (χ2v) is 13.3. The summed E-state index contributed by atoms with van der Waals surface area (Å²) >= 11 is 18.1. The van der Waals surface area contributed by atoms with Gasteiger partial charge >= 0.3 is 12.1 Å². The summed E-state index contributed by atoms with van der Waals surface area (Å²) in [5, 5.41) is 1.61. The number of hydrogen-bond acceptors (Lipinski definition) is 10. The minimum atomic E-state index is -1.83. The molecule has 43 heavy (non-hydrogen) atoms. The molecule has 1 N–H and O–H groups in total. The molecule has 2 aromatic carbocycles. The topological polar surface area (TPSA) is 122 Å². The summed E-state index contributed by atoms with van der Waals surface area (Å²) in [7, 11) is 6.11. The molecule has 2 bridgehead atoms. The Morgan fingerprint density at radius 2 is 1.65 bits per heavy atom. The summed E-state index contributed by atoms with van der Waals surface area (Å²) < 4.78 is 31.5. The van der Waals surface area contributed by atoms with Crippen LogP contribution in [-0.2, 0) is 25.6 Å². The number of thioether (sulfide) groups is 1. The molecule has 0 aromatic heterocycles. The first-order valence-corrected chi connectivity index (χ1v) is 15.2. The number of alkyl halides is 3. The molecule has 2 aliphatic heterocycles. The summed E-state index contributed by atoms with van der Waals surface area (Å²) in [5.74, 6) is 0.948. The summed E-state index contributed by atoms with van der Waals surface area (Å²) in [5.41, 5.74) is 2.66. The molecular weight excluding hydrogens is 647 g/mol. The molecule has 0 aliphatic carbocycles. The zero-order valence-corrected chi connectivity index (χ0v) is 27.1. The number of methoxy groups -OCH3 is 4. The van der Waals surface area contributed by atoms with Gasteiger partial charge in [0.25, 0.3) is 0 Å². The second-order valence-electron chi connectivity index (χ2n) is 9.61. The van der Waals surface area contributed by atoms with Crippen molar-refractivity contribution in [3.05, 3.63) is 46.5 Å². The van der Waals surface area contributed by atoms with Crippen LogP contribution in [0.5, 0.6) is 23.0 Å². The van der Waals surface area contributed by atoms with Crippen molar-refractivity contribution < 1.29 is 42.8 Å². The largest absolute Gasteiger partial charge is 0.497 e. The van der Waals surface area contributed by atoms with E-state index in [1.165, 1.54) is 21.3 Å². The Bertz CT molecular complexity index is 1370. The normalized spacial score (nSPS) is 20.1. The molecule has 2 aromatic rings. The molecule has 234 valence electrons. The number of nitrogens with zero attached hydrogens (tertiary/aromatic N) is 1. The number of ether oxygens (including phenoxy) is 6. The first kappa shape index (κ1) is 33.0. The van der Waals surface area contributed by atoms with Gasteiger partial charge in [-0.3, -0.25) is 4.79 Å². The third kappa shape index (κ3) is 7.08. The van der Waals surface area contributed by atoms with Gasteiger partial charge < -0.3 is 38.6 Å². The molecule has 0 radical (unpaired) electrons. The van der Waals surface area contributed by atoms with Crippen LogP contribution in [0.25, 0.3) is 0 Å². The second kappa shape index (κ2) is 13.8. The predicted molar refractivity (Wildman–Crippen MR) is 162 cm³/mol. The van der Waals surface area contributed by atoms with Crippen LogP contribution in [-0.4, -0.2) is 80.1 Å². The monoisotopic (exact) mass is 676 g/mol. The zero-order chi connectivity index (χ0) is 31.5. The molecule has 11 nitrogen and oxygen atoms in total. The number of cyclic esters (lactones) is 1. The first-order chi connectivity index (χ1) is 20.4. The van der Waals surface area contributed by atoms with E-state index in [9.17, 15) is 14.4 Å². The number of rotatable bonds is 8. The lowest BCUT2D eigenvalue weighted by atomic mass is 9.87. The Kier molecular flexibility index (Phi) is 10.6. The number of nitrogens with one attached hydrogen (secondary N) is 1. The van der Waals surface area contributed by atoms with E-state index in [-0.39, 0.29) is 24.8 Å². The van der Waals surface area contributed by atoms with Gasteiger partial charge in [-0.1, -0.05) is 46.9 Å². The van der Waals surface area contributed by atoms with E-state index in [2.05, 4.69) is 5.32 Å². The molecule has 4 rings (SSSR count). The summed E-state index contributed by atoms with van der Waals surface area (Å²) in [6, 6.07) is 5.36. The van der Waals surface area contributed by atoms with Crippen LogP contribution in [0.15, 0.2) is 24.3 Å². The molecule has 15 heteroatoms. The van der Waals surface area contributed by atoms with Crippen molar-refractivity contribution in [1.82, 2.24) is 10.2 Å². The third-order valence-electron chi connectivity index (χ3n) is 7.03. The average molecular weight is 678 g/mol. The number of benzene rings is 2. The highest BCUT2D eigenvalue weighted by atomic mass is 35.6. The summed E-state index contributed by atoms with van der Waals surface area (Å²) in [6.07, 6.45) is -0.983. The fourth-order valence-corrected chi connectivity index (χ4v) is 6.57. The van der Waals surface area contributed by atoms with Crippen molar-refractivity contribution in [2.75, 3.05) is 47.4 Å². The van der Waals surface area contributed by atoms with Crippen LogP contribution >= 0.6 is 46.6 Å². The SMILES string of the molecule is COc1ccc(CN2C(=O)[C@@H]3SC[C@H](NC(=O)OCC(Cl)(Cl)Cl)C(=O)OC[C@H]2c2c(OC)c(OC)c(C)c(OC)c23)cc1. The third-order valence-corrected chi connectivity index (χ3v) is 8.65. The van der Waals surface area contributed by atoms with E-state index in [1.807, 2.05) is 19.1 Å². The molecule has 2 heterocycles. The van der Waals surface area contributed by atoms with Gasteiger partial charge in [0.15, 0.2) is 11.5 Å². The fraction of sp³-hybridized carbons (Fsp3) is 0.464. The Morgan fingerprint density at radius 3 is 2.23 bits per heavy atom. The first-order valence-electron chi connectivity index (χ1n) is 13.0. The maximum Gasteiger partial charge on any atom is 0.408 e. The van der Waals surface area contributed by atoms with Crippen LogP contribution < -0.4 is 24.3 Å². The molecule has 0 unspecified atom stereocenters. The van der Waals surface area contributed by atoms with Crippen molar-refractivity contribution in [2.45, 2.75) is 34.6 Å². The molecule has 1 saturated heterocycles. The summed E-state index contributed by atoms with van der Waals surface area (Å²) in [4.78, 5) is 41.6. The van der Waals surface area contributed by atoms with E-state index >= 15 is 0 Å². The average Bonchev–Trinajstić information content (AvgIpc) is 2.98. The number of amides is 2. The highest BCUT2D eigenvalue weighted by Gasteiger charge is 2.47. The smallest absolute Gasteiger partial charge is 0.408 e. The van der Waals surface area contributed by atoms with E-state index < -0.39 is 39.8 Å². The predicted octanol–water partition coefficient (Wildman–Crippen LogP) is 4.91. The highest BCUT2D eigenvalue weighted by Crippen LogP contribution is 2.56. The lowest BCUT2D eigenvalue weighted by molar-refractivity contribution is -0.151. The number of hydrogen-bond donors (Lipinski definition) is 1. The van der Waals surface area contributed by atoms with Crippen molar-refractivity contribution in [1.29, 1.82) is 0 Å². The standard InChI is InChI=1S/C28H31Cl3N2O9S/c1-14-21(38-3)20-19(23(40-5)22(14)39-4)18-11-41-26(35)17(32-27(36)42-13-28(29,30)31)12-43-24(20)25(34)33(18)10-15-6-8-16(37-2)9-7-15/h6-9,17-18,24H,10-13H2,1-5H3,(H,32,36)/t17-,18-,24+/m0/s1. The van der Waals surface area contributed by atoms with Gasteiger partial charge in [0, 0.05) is 29.0 Å². The van der Waals surface area contributed by atoms with Gasteiger partial charge in [-0.15, -0.1) is 11.8 Å². The molecule has 0 spiro atoms. The van der Waals surface area contributed by atoms with Gasteiger partial charge in [0.05, 0.1) is 34.5 Å². The van der Waals surface area contributed by atoms with Crippen LogP contribution in [0.4, 0.5) is 4.79 Å². The van der Waals surface area contributed by atoms with E-state index in [1.54, 1.807) is 24.1 Å². The van der Waals surface area contributed by atoms with E-state index in [4.69, 9.17) is 63.2 Å². The zero-order valence-electron chi connectivity index (χ0n) is 24.0. The number of halogens is 3. The van der Waals surface area contributed by atoms with Gasteiger partial charge in [-0.25, -0.2) is 9.59 Å². The van der Waals surface area contributed by atoms with Crippen molar-refractivity contribution >= 4 is 64.5 Å². The fourth-order valence-electron chi connectivity index (χ4n) is 5.13. The quantitative estimate of drug-likeness (QED) is 0.305. The van der Waals surface area contributed by atoms with Crippen molar-refractivity contribution in [3.8, 4) is 23.0 Å². The van der Waals surface area contributed by atoms with Gasteiger partial charge in [0.2, 0.25) is 9.70 Å². The molecule has 3 atom stereocenters. The van der Waals surface area contributed by atoms with Gasteiger partial charge in [-0.2, -0.15) is 0 Å².